The summed E-state index contributed by atoms with van der Waals surface area (Å²) in [4.78, 5) is 12.1. The van der Waals surface area contributed by atoms with Crippen LogP contribution in [0.25, 0.3) is 0 Å². The molecular weight excluding hydrogens is 278 g/mol. The largest absolute Gasteiger partial charge is 0.349 e. The molecule has 0 saturated heterocycles. The standard InChI is InChI=1S/C14H18BrNO/c1-10-4-2-5-11(8-10)14(17)16-13-7-3-6-12(13)9-15/h2,4-5,8,12-13H,3,6-7,9H2,1H3,(H,16,17). The van der Waals surface area contributed by atoms with E-state index >= 15 is 0 Å². The molecule has 0 aromatic heterocycles. The maximum absolute atomic E-state index is 12.1. The highest BCUT2D eigenvalue weighted by Gasteiger charge is 2.27. The zero-order chi connectivity index (χ0) is 12.3. The molecule has 2 nitrogen and oxygen atoms in total. The van der Waals surface area contributed by atoms with Crippen molar-refractivity contribution in [3.8, 4) is 0 Å². The summed E-state index contributed by atoms with van der Waals surface area (Å²) in [6.07, 6.45) is 3.53. The maximum Gasteiger partial charge on any atom is 0.251 e. The topological polar surface area (TPSA) is 29.1 Å². The Morgan fingerprint density at radius 3 is 3.00 bits per heavy atom. The Kier molecular flexibility index (Phi) is 4.21. The summed E-state index contributed by atoms with van der Waals surface area (Å²) < 4.78 is 0. The van der Waals surface area contributed by atoms with Crippen LogP contribution in [0.2, 0.25) is 0 Å². The third kappa shape index (κ3) is 3.09. The Morgan fingerprint density at radius 2 is 2.29 bits per heavy atom. The molecule has 92 valence electrons. The number of carbonyl (C=O) groups is 1. The molecule has 17 heavy (non-hydrogen) atoms. The fraction of sp³-hybridized carbons (Fsp3) is 0.500. The van der Waals surface area contributed by atoms with Gasteiger partial charge in [0, 0.05) is 16.9 Å². The molecule has 0 bridgehead atoms. The Balaban J connectivity index is 2.01. The van der Waals surface area contributed by atoms with Crippen LogP contribution in [0, 0.1) is 12.8 Å². The Morgan fingerprint density at radius 1 is 1.47 bits per heavy atom. The average molecular weight is 296 g/mol. The molecule has 2 atom stereocenters. The first kappa shape index (κ1) is 12.6. The molecule has 1 amide bonds. The molecule has 0 aliphatic heterocycles. The first-order valence-electron chi connectivity index (χ1n) is 6.14. The van der Waals surface area contributed by atoms with Gasteiger partial charge in [-0.2, -0.15) is 0 Å². The molecule has 1 aliphatic rings. The maximum atomic E-state index is 12.1. The highest BCUT2D eigenvalue weighted by atomic mass is 79.9. The van der Waals surface area contributed by atoms with E-state index in [0.29, 0.717) is 12.0 Å². The molecule has 1 aliphatic carbocycles. The van der Waals surface area contributed by atoms with Crippen molar-refractivity contribution in [1.29, 1.82) is 0 Å². The van der Waals surface area contributed by atoms with Crippen LogP contribution >= 0.6 is 15.9 Å². The van der Waals surface area contributed by atoms with E-state index < -0.39 is 0 Å². The van der Waals surface area contributed by atoms with Crippen LogP contribution < -0.4 is 5.32 Å². The zero-order valence-corrected chi connectivity index (χ0v) is 11.7. The third-order valence-electron chi connectivity index (χ3n) is 3.45. The van der Waals surface area contributed by atoms with E-state index in [4.69, 9.17) is 0 Å². The van der Waals surface area contributed by atoms with Crippen LogP contribution in [0.4, 0.5) is 0 Å². The lowest BCUT2D eigenvalue weighted by molar-refractivity contribution is 0.0930. The van der Waals surface area contributed by atoms with Gasteiger partial charge in [0.15, 0.2) is 0 Å². The van der Waals surface area contributed by atoms with Crippen LogP contribution in [0.15, 0.2) is 24.3 Å². The number of rotatable bonds is 3. The highest BCUT2D eigenvalue weighted by molar-refractivity contribution is 9.09. The van der Waals surface area contributed by atoms with E-state index in [2.05, 4.69) is 21.2 Å². The van der Waals surface area contributed by atoms with Crippen molar-refractivity contribution in [1.82, 2.24) is 5.32 Å². The monoisotopic (exact) mass is 295 g/mol. The molecule has 0 spiro atoms. The van der Waals surface area contributed by atoms with Crippen LogP contribution in [-0.4, -0.2) is 17.3 Å². The van der Waals surface area contributed by atoms with Crippen molar-refractivity contribution in [2.75, 3.05) is 5.33 Å². The predicted octanol–water partition coefficient (Wildman–Crippen LogP) is 3.29. The van der Waals surface area contributed by atoms with Gasteiger partial charge in [-0.25, -0.2) is 0 Å². The molecule has 1 N–H and O–H groups in total. The van der Waals surface area contributed by atoms with Crippen molar-refractivity contribution < 1.29 is 4.79 Å². The second-order valence-electron chi connectivity index (χ2n) is 4.79. The minimum atomic E-state index is 0.0616. The van der Waals surface area contributed by atoms with E-state index in [9.17, 15) is 4.79 Å². The molecule has 2 rings (SSSR count). The van der Waals surface area contributed by atoms with Gasteiger partial charge in [-0.1, -0.05) is 40.0 Å². The van der Waals surface area contributed by atoms with Crippen molar-refractivity contribution in [2.45, 2.75) is 32.2 Å². The molecule has 1 aromatic carbocycles. The summed E-state index contributed by atoms with van der Waals surface area (Å²) in [5, 5.41) is 4.13. The van der Waals surface area contributed by atoms with Crippen molar-refractivity contribution in [2.24, 2.45) is 5.92 Å². The molecule has 1 saturated carbocycles. The number of benzene rings is 1. The van der Waals surface area contributed by atoms with E-state index in [1.165, 1.54) is 12.8 Å². The van der Waals surface area contributed by atoms with Gasteiger partial charge in [0.05, 0.1) is 0 Å². The lowest BCUT2D eigenvalue weighted by atomic mass is 10.1. The Labute approximate surface area is 111 Å². The van der Waals surface area contributed by atoms with Gasteiger partial charge in [-0.05, 0) is 37.8 Å². The molecular formula is C14H18BrNO. The number of alkyl halides is 1. The Hall–Kier alpha value is -0.830. The average Bonchev–Trinajstić information content (AvgIpc) is 2.76. The molecule has 1 fully saturated rings. The minimum Gasteiger partial charge on any atom is -0.349 e. The first-order valence-corrected chi connectivity index (χ1v) is 7.26. The summed E-state index contributed by atoms with van der Waals surface area (Å²) in [6.45, 7) is 2.01. The molecule has 2 unspecified atom stereocenters. The lowest BCUT2D eigenvalue weighted by Gasteiger charge is -2.19. The number of hydrogen-bond acceptors (Lipinski definition) is 1. The second kappa shape index (κ2) is 5.67. The lowest BCUT2D eigenvalue weighted by Crippen LogP contribution is -2.37. The molecule has 0 radical (unpaired) electrons. The van der Waals surface area contributed by atoms with E-state index in [-0.39, 0.29) is 5.91 Å². The fourth-order valence-electron chi connectivity index (χ4n) is 2.45. The summed E-state index contributed by atoms with van der Waals surface area (Å²) >= 11 is 3.52. The number of amides is 1. The minimum absolute atomic E-state index is 0.0616. The van der Waals surface area contributed by atoms with Gasteiger partial charge in [-0.15, -0.1) is 0 Å². The van der Waals surface area contributed by atoms with Gasteiger partial charge in [-0.3, -0.25) is 4.79 Å². The normalized spacial score (nSPS) is 23.6. The van der Waals surface area contributed by atoms with E-state index in [0.717, 1.165) is 22.9 Å². The smallest absolute Gasteiger partial charge is 0.251 e. The van der Waals surface area contributed by atoms with Crippen LogP contribution in [0.5, 0.6) is 0 Å². The van der Waals surface area contributed by atoms with Crippen molar-refractivity contribution >= 4 is 21.8 Å². The number of aryl methyl sites for hydroxylation is 1. The quantitative estimate of drug-likeness (QED) is 0.852. The number of hydrogen-bond donors (Lipinski definition) is 1. The summed E-state index contributed by atoms with van der Waals surface area (Å²) in [5.41, 5.74) is 1.89. The number of halogens is 1. The fourth-order valence-corrected chi connectivity index (χ4v) is 3.22. The highest BCUT2D eigenvalue weighted by Crippen LogP contribution is 2.27. The predicted molar refractivity (Wildman–Crippen MR) is 73.6 cm³/mol. The van der Waals surface area contributed by atoms with Gasteiger partial charge in [0.2, 0.25) is 0 Å². The van der Waals surface area contributed by atoms with E-state index in [1.54, 1.807) is 0 Å². The molecule has 1 aromatic rings. The second-order valence-corrected chi connectivity index (χ2v) is 5.44. The summed E-state index contributed by atoms with van der Waals surface area (Å²) in [7, 11) is 0. The van der Waals surface area contributed by atoms with Crippen LogP contribution in [-0.2, 0) is 0 Å². The van der Waals surface area contributed by atoms with Gasteiger partial charge >= 0.3 is 0 Å². The summed E-state index contributed by atoms with van der Waals surface area (Å²) in [5.74, 6) is 0.648. The SMILES string of the molecule is Cc1cccc(C(=O)NC2CCCC2CBr)c1. The molecule has 3 heteroatoms. The first-order chi connectivity index (χ1) is 8.20. The molecule has 0 heterocycles. The van der Waals surface area contributed by atoms with Crippen LogP contribution in [0.1, 0.15) is 35.2 Å². The van der Waals surface area contributed by atoms with Crippen molar-refractivity contribution in [3.05, 3.63) is 35.4 Å². The van der Waals surface area contributed by atoms with Crippen LogP contribution in [0.3, 0.4) is 0 Å². The summed E-state index contributed by atoms with van der Waals surface area (Å²) in [6, 6.07) is 8.09. The van der Waals surface area contributed by atoms with E-state index in [1.807, 2.05) is 31.2 Å². The zero-order valence-electron chi connectivity index (χ0n) is 10.1. The Bertz CT molecular complexity index is 405. The van der Waals surface area contributed by atoms with Gasteiger partial charge in [0.25, 0.3) is 5.91 Å². The van der Waals surface area contributed by atoms with Crippen molar-refractivity contribution in [3.63, 3.8) is 0 Å². The van der Waals surface area contributed by atoms with Gasteiger partial charge < -0.3 is 5.32 Å². The van der Waals surface area contributed by atoms with Gasteiger partial charge in [0.1, 0.15) is 0 Å². The number of nitrogens with one attached hydrogen (secondary N) is 1. The number of carbonyl (C=O) groups excluding carboxylic acids is 1. The third-order valence-corrected chi connectivity index (χ3v) is 4.29.